The quantitative estimate of drug-likeness (QED) is 0.459. The zero-order valence-electron chi connectivity index (χ0n) is 17.3. The number of hydrogen-bond donors (Lipinski definition) is 2. The maximum atomic E-state index is 12.5. The summed E-state index contributed by atoms with van der Waals surface area (Å²) in [6, 6.07) is 17.2. The maximum absolute atomic E-state index is 12.5. The molecule has 31 heavy (non-hydrogen) atoms. The predicted molar refractivity (Wildman–Crippen MR) is 125 cm³/mol. The average Bonchev–Trinajstić information content (AvgIpc) is 2.74. The third-order valence-corrected chi connectivity index (χ3v) is 5.40. The van der Waals surface area contributed by atoms with Crippen LogP contribution in [0, 0.1) is 13.8 Å². The molecular formula is C24H22Cl2N2O3. The number of benzene rings is 3. The Kier molecular flexibility index (Phi) is 7.21. The molecule has 0 saturated heterocycles. The first-order chi connectivity index (χ1) is 14.7. The Morgan fingerprint density at radius 1 is 0.903 bits per heavy atom. The highest BCUT2D eigenvalue weighted by Crippen LogP contribution is 2.26. The van der Waals surface area contributed by atoms with E-state index in [0.717, 1.165) is 16.8 Å². The van der Waals surface area contributed by atoms with Gasteiger partial charge in [-0.25, -0.2) is 0 Å². The number of carbonyl (C=O) groups excluding carboxylic acids is 2. The number of anilines is 2. The Morgan fingerprint density at radius 2 is 1.61 bits per heavy atom. The summed E-state index contributed by atoms with van der Waals surface area (Å²) in [6.07, 6.45) is -0.787. The van der Waals surface area contributed by atoms with Crippen molar-refractivity contribution in [2.75, 3.05) is 10.6 Å². The molecule has 3 aromatic carbocycles. The van der Waals surface area contributed by atoms with Crippen molar-refractivity contribution in [3.63, 3.8) is 0 Å². The molecule has 0 aliphatic heterocycles. The second-order valence-corrected chi connectivity index (χ2v) is 7.94. The van der Waals surface area contributed by atoms with Gasteiger partial charge in [-0.2, -0.15) is 0 Å². The molecule has 1 atom stereocenters. The summed E-state index contributed by atoms with van der Waals surface area (Å²) in [4.78, 5) is 25.0. The number of halogens is 2. The summed E-state index contributed by atoms with van der Waals surface area (Å²) in [5.74, 6) is -0.134. The van der Waals surface area contributed by atoms with Crippen molar-refractivity contribution in [1.29, 1.82) is 0 Å². The molecule has 0 saturated carbocycles. The topological polar surface area (TPSA) is 67.4 Å². The maximum Gasteiger partial charge on any atom is 0.265 e. The lowest BCUT2D eigenvalue weighted by Crippen LogP contribution is -2.30. The molecule has 3 rings (SSSR count). The molecule has 0 heterocycles. The fourth-order valence-electron chi connectivity index (χ4n) is 2.85. The number of amides is 2. The lowest BCUT2D eigenvalue weighted by molar-refractivity contribution is -0.122. The first-order valence-electron chi connectivity index (χ1n) is 9.65. The number of aryl methyl sites for hydroxylation is 1. The highest BCUT2D eigenvalue weighted by atomic mass is 35.5. The Labute approximate surface area is 191 Å². The summed E-state index contributed by atoms with van der Waals surface area (Å²) in [6.45, 7) is 5.58. The van der Waals surface area contributed by atoms with Crippen LogP contribution in [0.2, 0.25) is 10.0 Å². The number of rotatable bonds is 6. The van der Waals surface area contributed by atoms with Gasteiger partial charge in [0.05, 0.1) is 10.7 Å². The first kappa shape index (κ1) is 22.7. The molecule has 0 spiro atoms. The molecule has 160 valence electrons. The van der Waals surface area contributed by atoms with E-state index in [0.29, 0.717) is 27.0 Å². The van der Waals surface area contributed by atoms with Gasteiger partial charge in [0.1, 0.15) is 5.75 Å². The third kappa shape index (κ3) is 5.78. The van der Waals surface area contributed by atoms with E-state index >= 15 is 0 Å². The molecule has 0 radical (unpaired) electrons. The van der Waals surface area contributed by atoms with Gasteiger partial charge in [-0.3, -0.25) is 9.59 Å². The Morgan fingerprint density at radius 3 is 2.32 bits per heavy atom. The Bertz CT molecular complexity index is 1110. The van der Waals surface area contributed by atoms with E-state index in [4.69, 9.17) is 27.9 Å². The van der Waals surface area contributed by atoms with Crippen LogP contribution in [0.5, 0.6) is 5.75 Å². The van der Waals surface area contributed by atoms with E-state index in [9.17, 15) is 9.59 Å². The lowest BCUT2D eigenvalue weighted by atomic mass is 10.1. The van der Waals surface area contributed by atoms with Crippen LogP contribution in [0.15, 0.2) is 60.7 Å². The summed E-state index contributed by atoms with van der Waals surface area (Å²) in [5.41, 5.74) is 3.79. The lowest BCUT2D eigenvalue weighted by Gasteiger charge is -2.16. The number of nitrogens with one attached hydrogen (secondary N) is 2. The van der Waals surface area contributed by atoms with Crippen LogP contribution in [-0.2, 0) is 4.79 Å². The van der Waals surface area contributed by atoms with Crippen LogP contribution in [0.4, 0.5) is 11.4 Å². The molecule has 2 amide bonds. The zero-order valence-corrected chi connectivity index (χ0v) is 18.8. The fraction of sp³-hybridized carbons (Fsp3) is 0.167. The molecule has 0 aliphatic rings. The summed E-state index contributed by atoms with van der Waals surface area (Å²) in [7, 11) is 0. The molecule has 0 aromatic heterocycles. The molecule has 5 nitrogen and oxygen atoms in total. The summed E-state index contributed by atoms with van der Waals surface area (Å²) < 4.78 is 5.69. The van der Waals surface area contributed by atoms with Crippen LogP contribution in [-0.4, -0.2) is 17.9 Å². The van der Waals surface area contributed by atoms with E-state index in [1.54, 1.807) is 49.4 Å². The van der Waals surface area contributed by atoms with Crippen LogP contribution in [0.1, 0.15) is 28.4 Å². The second-order valence-electron chi connectivity index (χ2n) is 7.10. The standard InChI is InChI=1S/C24H22Cl2N2O3/c1-14-5-4-6-21(15(14)2)27-24(30)17-7-10-19(11-8-17)31-16(3)23(29)28-22-13-18(25)9-12-20(22)26/h4-13,16H,1-3H3,(H,27,30)(H,28,29). The minimum Gasteiger partial charge on any atom is -0.481 e. The molecule has 2 N–H and O–H groups in total. The van der Waals surface area contributed by atoms with Gasteiger partial charge in [-0.1, -0.05) is 35.3 Å². The van der Waals surface area contributed by atoms with Gasteiger partial charge < -0.3 is 15.4 Å². The predicted octanol–water partition coefficient (Wildman–Crippen LogP) is 6.27. The van der Waals surface area contributed by atoms with Gasteiger partial charge in [0, 0.05) is 16.3 Å². The van der Waals surface area contributed by atoms with Crippen molar-refractivity contribution in [3.05, 3.63) is 87.4 Å². The van der Waals surface area contributed by atoms with Crippen LogP contribution in [0.25, 0.3) is 0 Å². The second kappa shape index (κ2) is 9.86. The monoisotopic (exact) mass is 456 g/mol. The minimum absolute atomic E-state index is 0.221. The van der Waals surface area contributed by atoms with E-state index in [1.807, 2.05) is 32.0 Å². The van der Waals surface area contributed by atoms with E-state index < -0.39 is 6.10 Å². The van der Waals surface area contributed by atoms with Gasteiger partial charge in [0.2, 0.25) is 0 Å². The van der Waals surface area contributed by atoms with Crippen molar-refractivity contribution in [2.24, 2.45) is 0 Å². The molecule has 0 bridgehead atoms. The van der Waals surface area contributed by atoms with Crippen LogP contribution in [0.3, 0.4) is 0 Å². The smallest absolute Gasteiger partial charge is 0.265 e. The van der Waals surface area contributed by atoms with E-state index in [1.165, 1.54) is 0 Å². The summed E-state index contributed by atoms with van der Waals surface area (Å²) >= 11 is 12.0. The average molecular weight is 457 g/mol. The van der Waals surface area contributed by atoms with Crippen molar-refractivity contribution < 1.29 is 14.3 Å². The number of ether oxygens (including phenoxy) is 1. The largest absolute Gasteiger partial charge is 0.481 e. The van der Waals surface area contributed by atoms with Crippen molar-refractivity contribution in [2.45, 2.75) is 26.9 Å². The van der Waals surface area contributed by atoms with E-state index in [2.05, 4.69) is 10.6 Å². The van der Waals surface area contributed by atoms with Gasteiger partial charge in [0.15, 0.2) is 6.10 Å². The third-order valence-electron chi connectivity index (χ3n) is 4.84. The molecule has 3 aromatic rings. The highest BCUT2D eigenvalue weighted by molar-refractivity contribution is 6.35. The molecule has 0 fully saturated rings. The van der Waals surface area contributed by atoms with Crippen LogP contribution >= 0.6 is 23.2 Å². The van der Waals surface area contributed by atoms with Crippen LogP contribution < -0.4 is 15.4 Å². The van der Waals surface area contributed by atoms with Crippen molar-refractivity contribution in [3.8, 4) is 5.75 Å². The molecule has 0 aliphatic carbocycles. The van der Waals surface area contributed by atoms with Crippen molar-refractivity contribution >= 4 is 46.4 Å². The number of hydrogen-bond acceptors (Lipinski definition) is 3. The highest BCUT2D eigenvalue weighted by Gasteiger charge is 2.17. The SMILES string of the molecule is Cc1cccc(NC(=O)c2ccc(OC(C)C(=O)Nc3cc(Cl)ccc3Cl)cc2)c1C. The normalized spacial score (nSPS) is 11.5. The Balaban J connectivity index is 1.61. The van der Waals surface area contributed by atoms with Gasteiger partial charge in [0.25, 0.3) is 11.8 Å². The zero-order chi connectivity index (χ0) is 22.5. The summed E-state index contributed by atoms with van der Waals surface area (Å²) in [5, 5.41) is 6.45. The van der Waals surface area contributed by atoms with Gasteiger partial charge in [-0.15, -0.1) is 0 Å². The van der Waals surface area contributed by atoms with E-state index in [-0.39, 0.29) is 11.8 Å². The Hall–Kier alpha value is -3.02. The molecular weight excluding hydrogens is 435 g/mol. The van der Waals surface area contributed by atoms with Gasteiger partial charge in [-0.05, 0) is 80.4 Å². The van der Waals surface area contributed by atoms with Crippen molar-refractivity contribution in [1.82, 2.24) is 0 Å². The fourth-order valence-corrected chi connectivity index (χ4v) is 3.19. The molecule has 7 heteroatoms. The first-order valence-corrected chi connectivity index (χ1v) is 10.4. The minimum atomic E-state index is -0.787. The molecule has 1 unspecified atom stereocenters. The number of carbonyl (C=O) groups is 2. The van der Waals surface area contributed by atoms with Gasteiger partial charge >= 0.3 is 0 Å².